The minimum absolute atomic E-state index is 0.0729. The van der Waals surface area contributed by atoms with E-state index in [0.29, 0.717) is 11.5 Å². The third-order valence-electron chi connectivity index (χ3n) is 11.9. The van der Waals surface area contributed by atoms with Gasteiger partial charge in [0.05, 0.1) is 0 Å². The van der Waals surface area contributed by atoms with Gasteiger partial charge in [-0.15, -0.1) is 11.3 Å². The fraction of sp³-hybridized carbons (Fsp3) is 0.0577. The van der Waals surface area contributed by atoms with Gasteiger partial charge in [-0.25, -0.2) is 4.98 Å². The Morgan fingerprint density at radius 2 is 1.18 bits per heavy atom. The first-order valence-electron chi connectivity index (χ1n) is 19.4. The van der Waals surface area contributed by atoms with Crippen molar-refractivity contribution in [3.05, 3.63) is 181 Å². The first kappa shape index (κ1) is 32.3. The molecular weight excluding hydrogens is 717 g/mol. The maximum absolute atomic E-state index is 6.46. The molecule has 0 unspecified atom stereocenters. The summed E-state index contributed by atoms with van der Waals surface area (Å²) in [4.78, 5) is 7.54. The van der Waals surface area contributed by atoms with Crippen LogP contribution in [-0.4, -0.2) is 4.98 Å². The van der Waals surface area contributed by atoms with Crippen molar-refractivity contribution in [1.82, 2.24) is 4.98 Å². The first-order chi connectivity index (χ1) is 28.0. The smallest absolute Gasteiger partial charge is 0.227 e. The number of oxazole rings is 1. The van der Waals surface area contributed by atoms with Crippen LogP contribution in [0.5, 0.6) is 0 Å². The van der Waals surface area contributed by atoms with Crippen molar-refractivity contribution in [1.29, 1.82) is 0 Å². The molecule has 0 spiro atoms. The van der Waals surface area contributed by atoms with Gasteiger partial charge in [-0.3, -0.25) is 0 Å². The molecule has 270 valence electrons. The van der Waals surface area contributed by atoms with E-state index in [1.54, 1.807) is 0 Å². The highest BCUT2D eigenvalue weighted by Gasteiger charge is 2.35. The summed E-state index contributed by atoms with van der Waals surface area (Å²) in [5.41, 5.74) is 14.6. The van der Waals surface area contributed by atoms with Gasteiger partial charge in [-0.1, -0.05) is 111 Å². The summed E-state index contributed by atoms with van der Waals surface area (Å²) in [6.07, 6.45) is 0. The molecule has 11 aromatic rings. The number of furan rings is 1. The van der Waals surface area contributed by atoms with Gasteiger partial charge in [0.25, 0.3) is 0 Å². The normalized spacial score (nSPS) is 13.2. The van der Waals surface area contributed by atoms with Gasteiger partial charge in [-0.2, -0.15) is 0 Å². The van der Waals surface area contributed by atoms with E-state index in [9.17, 15) is 0 Å². The van der Waals surface area contributed by atoms with Crippen LogP contribution in [0.4, 0.5) is 17.1 Å². The van der Waals surface area contributed by atoms with E-state index >= 15 is 0 Å². The van der Waals surface area contributed by atoms with E-state index in [1.807, 2.05) is 59.9 Å². The molecule has 57 heavy (non-hydrogen) atoms. The van der Waals surface area contributed by atoms with Crippen molar-refractivity contribution < 1.29 is 8.83 Å². The Kier molecular flexibility index (Phi) is 6.82. The van der Waals surface area contributed by atoms with Gasteiger partial charge in [0, 0.05) is 70.6 Å². The topological polar surface area (TPSA) is 42.4 Å². The van der Waals surface area contributed by atoms with Crippen molar-refractivity contribution in [3.63, 3.8) is 0 Å². The second-order valence-electron chi connectivity index (χ2n) is 15.5. The third kappa shape index (κ3) is 4.82. The Bertz CT molecular complexity index is 3390. The average molecular weight is 751 g/mol. The minimum atomic E-state index is -0.0729. The van der Waals surface area contributed by atoms with Crippen molar-refractivity contribution in [2.45, 2.75) is 19.3 Å². The first-order valence-corrected chi connectivity index (χ1v) is 20.2. The Balaban J connectivity index is 1.06. The molecule has 0 radical (unpaired) electrons. The Labute approximate surface area is 332 Å². The Morgan fingerprint density at radius 3 is 2.05 bits per heavy atom. The fourth-order valence-electron chi connectivity index (χ4n) is 9.18. The van der Waals surface area contributed by atoms with Crippen molar-refractivity contribution in [3.8, 4) is 33.7 Å². The van der Waals surface area contributed by atoms with Crippen molar-refractivity contribution >= 4 is 81.6 Å². The maximum Gasteiger partial charge on any atom is 0.227 e. The van der Waals surface area contributed by atoms with Crippen LogP contribution < -0.4 is 4.90 Å². The van der Waals surface area contributed by atoms with Gasteiger partial charge in [-0.05, 0) is 94.5 Å². The molecule has 1 aliphatic carbocycles. The summed E-state index contributed by atoms with van der Waals surface area (Å²) in [6, 6.07) is 60.7. The molecule has 0 aliphatic heterocycles. The third-order valence-corrected chi connectivity index (χ3v) is 13.1. The Hall–Kier alpha value is -6.95. The molecule has 0 atom stereocenters. The van der Waals surface area contributed by atoms with Gasteiger partial charge >= 0.3 is 0 Å². The number of hydrogen-bond acceptors (Lipinski definition) is 5. The van der Waals surface area contributed by atoms with Gasteiger partial charge in [0.2, 0.25) is 5.89 Å². The summed E-state index contributed by atoms with van der Waals surface area (Å²) in [5.74, 6) is 0.587. The van der Waals surface area contributed by atoms with E-state index in [0.717, 1.165) is 61.2 Å². The van der Waals surface area contributed by atoms with Crippen LogP contribution in [0.2, 0.25) is 0 Å². The standard InChI is InChI=1S/C52H34N2O2S/c1-52(2)41-17-9-6-14-36(41)39-28-34(24-26-42(39)52)54(35-25-27-47-40(29-35)37-15-8-11-19-46(37)57-47)33-22-20-31(21-23-33)48-49-38-16-7-10-18-43(38)55-44(49)30-45-50(48)53-51(56-45)32-12-4-3-5-13-32/h3-30H,1-2H3. The van der Waals surface area contributed by atoms with Crippen LogP contribution in [0.25, 0.3) is 86.9 Å². The lowest BCUT2D eigenvalue weighted by molar-refractivity contribution is 0.617. The number of fused-ring (bicyclic) bond motifs is 10. The summed E-state index contributed by atoms with van der Waals surface area (Å²) >= 11 is 1.85. The molecule has 3 aromatic heterocycles. The number of rotatable bonds is 5. The summed E-state index contributed by atoms with van der Waals surface area (Å²) in [5, 5.41) is 4.64. The second-order valence-corrected chi connectivity index (χ2v) is 16.6. The number of anilines is 3. The highest BCUT2D eigenvalue weighted by Crippen LogP contribution is 2.51. The summed E-state index contributed by atoms with van der Waals surface area (Å²) in [7, 11) is 0. The molecule has 1 aliphatic rings. The van der Waals surface area contributed by atoms with Crippen molar-refractivity contribution in [2.75, 3.05) is 4.90 Å². The average Bonchev–Trinajstić information content (AvgIpc) is 4.01. The monoisotopic (exact) mass is 750 g/mol. The summed E-state index contributed by atoms with van der Waals surface area (Å²) in [6.45, 7) is 4.67. The molecule has 5 heteroatoms. The van der Waals surface area contributed by atoms with E-state index in [4.69, 9.17) is 13.8 Å². The zero-order valence-electron chi connectivity index (χ0n) is 31.3. The predicted octanol–water partition coefficient (Wildman–Crippen LogP) is 15.2. The number of nitrogens with zero attached hydrogens (tertiary/aromatic N) is 2. The van der Waals surface area contributed by atoms with E-state index in [2.05, 4.69) is 140 Å². The molecule has 0 saturated heterocycles. The SMILES string of the molecule is CC1(C)c2ccccc2-c2cc(N(c3ccc(-c4c5nc(-c6ccccc6)oc5cc5oc6ccccc6c45)cc3)c3ccc4sc5ccccc5c4c3)ccc21. The number of aromatic nitrogens is 1. The lowest BCUT2D eigenvalue weighted by Crippen LogP contribution is -2.15. The lowest BCUT2D eigenvalue weighted by Gasteiger charge is -2.27. The van der Waals surface area contributed by atoms with Crippen LogP contribution in [0.3, 0.4) is 0 Å². The van der Waals surface area contributed by atoms with Crippen LogP contribution in [0.15, 0.2) is 179 Å². The van der Waals surface area contributed by atoms with Gasteiger partial charge in [0.15, 0.2) is 5.58 Å². The highest BCUT2D eigenvalue weighted by molar-refractivity contribution is 7.25. The largest absolute Gasteiger partial charge is 0.456 e. The Morgan fingerprint density at radius 1 is 0.491 bits per heavy atom. The lowest BCUT2D eigenvalue weighted by atomic mass is 9.82. The fourth-order valence-corrected chi connectivity index (χ4v) is 10.3. The predicted molar refractivity (Wildman–Crippen MR) is 237 cm³/mol. The molecule has 3 heterocycles. The van der Waals surface area contributed by atoms with Gasteiger partial charge in [0.1, 0.15) is 16.7 Å². The number of para-hydroxylation sites is 1. The van der Waals surface area contributed by atoms with Crippen LogP contribution in [0.1, 0.15) is 25.0 Å². The second kappa shape index (κ2) is 12.0. The molecule has 8 aromatic carbocycles. The van der Waals surface area contributed by atoms with E-state index in [-0.39, 0.29) is 5.41 Å². The van der Waals surface area contributed by atoms with Gasteiger partial charge < -0.3 is 13.7 Å². The van der Waals surface area contributed by atoms with Crippen molar-refractivity contribution in [2.24, 2.45) is 0 Å². The number of thiophene rings is 1. The number of benzene rings is 8. The molecule has 4 nitrogen and oxygen atoms in total. The highest BCUT2D eigenvalue weighted by atomic mass is 32.1. The summed E-state index contributed by atoms with van der Waals surface area (Å²) < 4.78 is 15.5. The molecular formula is C52H34N2O2S. The molecule has 0 bridgehead atoms. The van der Waals surface area contributed by atoms with Crippen LogP contribution >= 0.6 is 11.3 Å². The van der Waals surface area contributed by atoms with Crippen LogP contribution in [0, 0.1) is 0 Å². The molecule has 12 rings (SSSR count). The molecule has 0 amide bonds. The van der Waals surface area contributed by atoms with E-state index < -0.39 is 0 Å². The molecule has 0 N–H and O–H groups in total. The van der Waals surface area contributed by atoms with Crippen LogP contribution in [-0.2, 0) is 5.41 Å². The van der Waals surface area contributed by atoms with E-state index in [1.165, 1.54) is 42.4 Å². The zero-order chi connectivity index (χ0) is 37.8. The molecule has 0 saturated carbocycles. The maximum atomic E-state index is 6.46. The molecule has 0 fully saturated rings. The minimum Gasteiger partial charge on any atom is -0.456 e. The number of hydrogen-bond donors (Lipinski definition) is 0. The zero-order valence-corrected chi connectivity index (χ0v) is 32.1. The quantitative estimate of drug-likeness (QED) is 0.176.